The van der Waals surface area contributed by atoms with Crippen LogP contribution in [0.4, 0.5) is 5.69 Å². The number of nitrogens with zero attached hydrogens (tertiary/aromatic N) is 2. The molecule has 0 radical (unpaired) electrons. The van der Waals surface area contributed by atoms with Gasteiger partial charge in [0.25, 0.3) is 0 Å². The van der Waals surface area contributed by atoms with Crippen molar-refractivity contribution in [2.24, 2.45) is 0 Å². The highest BCUT2D eigenvalue weighted by Gasteiger charge is 2.13. The van der Waals surface area contributed by atoms with Gasteiger partial charge in [-0.1, -0.05) is 48.5 Å². The number of hydrogen-bond acceptors (Lipinski definition) is 4. The van der Waals surface area contributed by atoms with Crippen molar-refractivity contribution in [1.82, 2.24) is 9.38 Å². The summed E-state index contributed by atoms with van der Waals surface area (Å²) in [6, 6.07) is 27.0. The summed E-state index contributed by atoms with van der Waals surface area (Å²) in [6.07, 6.45) is 2.26. The molecule has 0 fully saturated rings. The number of aromatic nitrogens is 2. The first-order valence-corrected chi connectivity index (χ1v) is 10.8. The zero-order valence-electron chi connectivity index (χ0n) is 16.6. The van der Waals surface area contributed by atoms with Crippen LogP contribution in [0.25, 0.3) is 16.2 Å². The van der Waals surface area contributed by atoms with E-state index in [1.807, 2.05) is 101 Å². The number of carbonyl (C=O) groups is 1. The van der Waals surface area contributed by atoms with Crippen molar-refractivity contribution in [3.05, 3.63) is 102 Å². The Bertz CT molecular complexity index is 1310. The second-order valence-electron chi connectivity index (χ2n) is 7.04. The zero-order chi connectivity index (χ0) is 21.0. The average Bonchev–Trinajstić information content (AvgIpc) is 3.39. The normalized spacial score (nSPS) is 10.8. The first-order valence-electron chi connectivity index (χ1n) is 9.88. The number of para-hydroxylation sites is 1. The minimum Gasteiger partial charge on any atom is -0.457 e. The molecule has 2 aromatic heterocycles. The number of amides is 1. The SMILES string of the molecule is O=C(Cc1csc2nc(-c3ccccc3)cn12)Nc1ccc(Oc2ccccc2)cc1. The van der Waals surface area contributed by atoms with Gasteiger partial charge in [0.05, 0.1) is 12.1 Å². The van der Waals surface area contributed by atoms with E-state index in [1.165, 1.54) is 11.3 Å². The van der Waals surface area contributed by atoms with Crippen molar-refractivity contribution in [2.45, 2.75) is 6.42 Å². The molecule has 2 heterocycles. The first-order chi connectivity index (χ1) is 15.2. The Balaban J connectivity index is 1.25. The number of ether oxygens (including phenoxy) is 1. The van der Waals surface area contributed by atoms with Crippen molar-refractivity contribution in [3.8, 4) is 22.8 Å². The molecular weight excluding hydrogens is 406 g/mol. The third-order valence-corrected chi connectivity index (χ3v) is 5.70. The number of hydrogen-bond donors (Lipinski definition) is 1. The molecule has 0 atom stereocenters. The molecule has 6 heteroatoms. The molecule has 152 valence electrons. The van der Waals surface area contributed by atoms with Crippen molar-refractivity contribution < 1.29 is 9.53 Å². The number of rotatable bonds is 6. The van der Waals surface area contributed by atoms with Crippen LogP contribution in [0.15, 0.2) is 96.5 Å². The highest BCUT2D eigenvalue weighted by atomic mass is 32.1. The minimum atomic E-state index is -0.0774. The summed E-state index contributed by atoms with van der Waals surface area (Å²) in [7, 11) is 0. The van der Waals surface area contributed by atoms with E-state index in [4.69, 9.17) is 4.74 Å². The van der Waals surface area contributed by atoms with Crippen molar-refractivity contribution in [2.75, 3.05) is 5.32 Å². The van der Waals surface area contributed by atoms with E-state index in [2.05, 4.69) is 10.3 Å². The Morgan fingerprint density at radius 2 is 1.58 bits per heavy atom. The third-order valence-electron chi connectivity index (χ3n) is 4.81. The fraction of sp³-hybridized carbons (Fsp3) is 0.0400. The summed E-state index contributed by atoms with van der Waals surface area (Å²) >= 11 is 1.54. The van der Waals surface area contributed by atoms with Crippen LogP contribution in [0.2, 0.25) is 0 Å². The van der Waals surface area contributed by atoms with Crippen LogP contribution in [0.1, 0.15) is 5.69 Å². The van der Waals surface area contributed by atoms with Crippen LogP contribution in [-0.2, 0) is 11.2 Å². The predicted molar refractivity (Wildman–Crippen MR) is 124 cm³/mol. The maximum Gasteiger partial charge on any atom is 0.230 e. The molecule has 0 bridgehead atoms. The van der Waals surface area contributed by atoms with E-state index < -0.39 is 0 Å². The Labute approximate surface area is 183 Å². The van der Waals surface area contributed by atoms with Crippen LogP contribution < -0.4 is 10.1 Å². The molecule has 31 heavy (non-hydrogen) atoms. The monoisotopic (exact) mass is 425 g/mol. The van der Waals surface area contributed by atoms with E-state index in [0.717, 1.165) is 39.1 Å². The van der Waals surface area contributed by atoms with Gasteiger partial charge < -0.3 is 10.1 Å². The maximum atomic E-state index is 12.6. The Morgan fingerprint density at radius 1 is 0.903 bits per heavy atom. The second kappa shape index (κ2) is 8.45. The number of fused-ring (bicyclic) bond motifs is 1. The Morgan fingerprint density at radius 3 is 2.32 bits per heavy atom. The van der Waals surface area contributed by atoms with Gasteiger partial charge in [0.15, 0.2) is 4.96 Å². The lowest BCUT2D eigenvalue weighted by molar-refractivity contribution is -0.115. The zero-order valence-corrected chi connectivity index (χ0v) is 17.4. The topological polar surface area (TPSA) is 55.6 Å². The third kappa shape index (κ3) is 4.34. The average molecular weight is 426 g/mol. The molecule has 0 aliphatic heterocycles. The number of imidazole rings is 1. The summed E-state index contributed by atoms with van der Waals surface area (Å²) in [5.41, 5.74) is 3.61. The molecule has 0 saturated heterocycles. The first kappa shape index (κ1) is 19.1. The van der Waals surface area contributed by atoms with Crippen LogP contribution in [0, 0.1) is 0 Å². The molecule has 5 rings (SSSR count). The van der Waals surface area contributed by atoms with Gasteiger partial charge in [-0.3, -0.25) is 9.20 Å². The predicted octanol–water partition coefficient (Wildman–Crippen LogP) is 6.04. The van der Waals surface area contributed by atoms with E-state index >= 15 is 0 Å². The van der Waals surface area contributed by atoms with E-state index in [9.17, 15) is 4.79 Å². The van der Waals surface area contributed by atoms with Gasteiger partial charge in [0.1, 0.15) is 11.5 Å². The van der Waals surface area contributed by atoms with Gasteiger partial charge >= 0.3 is 0 Å². The van der Waals surface area contributed by atoms with Gasteiger partial charge in [-0.2, -0.15) is 0 Å². The highest BCUT2D eigenvalue weighted by molar-refractivity contribution is 7.15. The summed E-state index contributed by atoms with van der Waals surface area (Å²) in [5.74, 6) is 1.41. The van der Waals surface area contributed by atoms with E-state index in [1.54, 1.807) is 0 Å². The standard InChI is InChI=1S/C25H19N3O2S/c29-24(26-19-11-13-22(14-12-19)30-21-9-5-2-6-10-21)15-20-17-31-25-27-23(16-28(20)25)18-7-3-1-4-8-18/h1-14,16-17H,15H2,(H,26,29). The molecule has 0 spiro atoms. The van der Waals surface area contributed by atoms with Gasteiger partial charge in [-0.15, -0.1) is 11.3 Å². The molecule has 0 saturated carbocycles. The minimum absolute atomic E-state index is 0.0774. The fourth-order valence-corrected chi connectivity index (χ4v) is 4.18. The van der Waals surface area contributed by atoms with Crippen molar-refractivity contribution in [3.63, 3.8) is 0 Å². The summed E-state index contributed by atoms with van der Waals surface area (Å²) in [5, 5.41) is 4.93. The summed E-state index contributed by atoms with van der Waals surface area (Å²) < 4.78 is 7.78. The summed E-state index contributed by atoms with van der Waals surface area (Å²) in [6.45, 7) is 0. The molecule has 0 aliphatic carbocycles. The number of nitrogens with one attached hydrogen (secondary N) is 1. The number of carbonyl (C=O) groups excluding carboxylic acids is 1. The van der Waals surface area contributed by atoms with Crippen LogP contribution in [0.3, 0.4) is 0 Å². The van der Waals surface area contributed by atoms with Gasteiger partial charge in [0.2, 0.25) is 5.91 Å². The molecule has 3 aromatic carbocycles. The largest absolute Gasteiger partial charge is 0.457 e. The number of benzene rings is 3. The molecule has 0 unspecified atom stereocenters. The Kier molecular flexibility index (Phi) is 5.21. The second-order valence-corrected chi connectivity index (χ2v) is 7.87. The maximum absolute atomic E-state index is 12.6. The smallest absolute Gasteiger partial charge is 0.230 e. The van der Waals surface area contributed by atoms with Gasteiger partial charge in [-0.25, -0.2) is 4.98 Å². The van der Waals surface area contributed by atoms with Crippen molar-refractivity contribution in [1.29, 1.82) is 0 Å². The lowest BCUT2D eigenvalue weighted by atomic mass is 10.2. The summed E-state index contributed by atoms with van der Waals surface area (Å²) in [4.78, 5) is 18.2. The van der Waals surface area contributed by atoms with Crippen molar-refractivity contribution >= 4 is 27.9 Å². The van der Waals surface area contributed by atoms with Gasteiger partial charge in [-0.05, 0) is 36.4 Å². The molecule has 1 amide bonds. The van der Waals surface area contributed by atoms with Crippen LogP contribution in [0.5, 0.6) is 11.5 Å². The van der Waals surface area contributed by atoms with E-state index in [-0.39, 0.29) is 12.3 Å². The van der Waals surface area contributed by atoms with E-state index in [0.29, 0.717) is 0 Å². The van der Waals surface area contributed by atoms with Crippen LogP contribution >= 0.6 is 11.3 Å². The molecular formula is C25H19N3O2S. The highest BCUT2D eigenvalue weighted by Crippen LogP contribution is 2.25. The molecule has 1 N–H and O–H groups in total. The Hall–Kier alpha value is -3.90. The lowest BCUT2D eigenvalue weighted by Crippen LogP contribution is -2.15. The fourth-order valence-electron chi connectivity index (χ4n) is 3.31. The number of anilines is 1. The van der Waals surface area contributed by atoms with Gasteiger partial charge in [0, 0.05) is 28.5 Å². The lowest BCUT2D eigenvalue weighted by Gasteiger charge is -2.08. The molecule has 0 aliphatic rings. The van der Waals surface area contributed by atoms with Crippen LogP contribution in [-0.4, -0.2) is 15.3 Å². The quantitative estimate of drug-likeness (QED) is 0.361. The number of thiazole rings is 1. The molecule has 5 aromatic rings. The molecule has 5 nitrogen and oxygen atoms in total.